The lowest BCUT2D eigenvalue weighted by atomic mass is 10.0. The molecule has 0 fully saturated rings. The number of halogens is 5. The number of nitrogens with one attached hydrogen (secondary N) is 7. The van der Waals surface area contributed by atoms with Crippen LogP contribution in [0.1, 0.15) is 45.0 Å². The van der Waals surface area contributed by atoms with Crippen molar-refractivity contribution < 1.29 is 74.4 Å². The Morgan fingerprint density at radius 1 is 0.551 bits per heavy atom. The molecule has 0 aliphatic carbocycles. The van der Waals surface area contributed by atoms with Gasteiger partial charge in [0, 0.05) is 110 Å². The summed E-state index contributed by atoms with van der Waals surface area (Å²) in [6.45, 7) is 16.3. The Bertz CT molecular complexity index is 7540. The van der Waals surface area contributed by atoms with Crippen LogP contribution in [0.2, 0.25) is 25.1 Å². The van der Waals surface area contributed by atoms with Gasteiger partial charge >= 0.3 is 12.1 Å². The number of benzene rings is 10. The number of phenols is 5. The van der Waals surface area contributed by atoms with Crippen molar-refractivity contribution in [2.75, 3.05) is 54.9 Å². The van der Waals surface area contributed by atoms with Crippen LogP contribution >= 0.6 is 92.4 Å². The molecule has 0 saturated carbocycles. The highest BCUT2D eigenvalue weighted by Gasteiger charge is 2.39. The molecule has 702 valence electrons. The zero-order valence-corrected chi connectivity index (χ0v) is 79.7. The number of aryl methyl sites for hydroxylation is 2. The summed E-state index contributed by atoms with van der Waals surface area (Å²) in [6, 6.07) is 36.4. The maximum atomic E-state index is 11.7. The monoisotopic (exact) mass is 2060 g/mol. The second-order valence-electron chi connectivity index (χ2n) is 27.8. The largest absolute Gasteiger partial charge is 0.507 e. The number of phenolic OH excluding ortho intramolecular Hbond substituents is 5. The third-order valence-electron chi connectivity index (χ3n) is 17.5. The van der Waals surface area contributed by atoms with Gasteiger partial charge < -0.3 is 66.7 Å². The molecule has 0 bridgehead atoms. The molecule has 0 spiro atoms. The quantitative estimate of drug-likeness (QED) is 0.0161. The summed E-state index contributed by atoms with van der Waals surface area (Å²) in [5, 5.41) is 142. The Balaban J connectivity index is 0.000000167. The van der Waals surface area contributed by atoms with E-state index < -0.39 is 60.0 Å². The molecule has 0 saturated heterocycles. The lowest BCUT2D eigenvalue weighted by Crippen LogP contribution is -2.32. The molecule has 56 heteroatoms. The van der Waals surface area contributed by atoms with Gasteiger partial charge in [0.15, 0.2) is 16.5 Å². The highest BCUT2D eigenvalue weighted by molar-refractivity contribution is 7.92. The van der Waals surface area contributed by atoms with Crippen molar-refractivity contribution in [2.24, 2.45) is 66.5 Å². The van der Waals surface area contributed by atoms with Gasteiger partial charge in [0.05, 0.1) is 93.0 Å². The first kappa shape index (κ1) is 102. The van der Waals surface area contributed by atoms with E-state index in [2.05, 4.69) is 132 Å². The maximum Gasteiger partial charge on any atom is 0.361 e. The Kier molecular flexibility index (Phi) is 33.6. The zero-order valence-electron chi connectivity index (χ0n) is 71.0. The number of anilines is 8. The Morgan fingerprint density at radius 3 is 1.79 bits per heavy atom. The van der Waals surface area contributed by atoms with Crippen LogP contribution in [0.3, 0.4) is 0 Å². The first-order valence-corrected chi connectivity index (χ1v) is 47.5. The first-order chi connectivity index (χ1) is 64.4. The van der Waals surface area contributed by atoms with Gasteiger partial charge in [-0.1, -0.05) is 116 Å². The summed E-state index contributed by atoms with van der Waals surface area (Å²) < 4.78 is 85.6. The minimum absolute atomic E-state index is 0.0265. The lowest BCUT2D eigenvalue weighted by molar-refractivity contribution is -0.115. The number of hydrogen-bond donors (Lipinski definition) is 14. The predicted molar refractivity (Wildman–Crippen MR) is 518 cm³/mol. The molecule has 15 rings (SSSR count). The van der Waals surface area contributed by atoms with Crippen molar-refractivity contribution in [3.63, 3.8) is 0 Å². The topological polar surface area (TPSA) is 655 Å². The van der Waals surface area contributed by atoms with Gasteiger partial charge in [0.25, 0.3) is 5.13 Å². The van der Waals surface area contributed by atoms with Crippen LogP contribution in [0, 0.1) is 20.4 Å². The van der Waals surface area contributed by atoms with Gasteiger partial charge in [-0.3, -0.25) is 23.9 Å². The zero-order chi connectivity index (χ0) is 98.8. The average molecular weight is 2060 g/mol. The standard InChI is InChI=1S/C23H23N7O5S.C18H14Cl3N7O4S.C17H16N6O5S2.C14H13N5OS.C8H4Cl2N4OS/c1-13(31)25-20-11-19(27-29-23-28-26-14(2)35-23)21-17(22(20)32)8-5-9-18(21)24-12-15-6-4-7-16(10-15)30-36(3,33)34;1-8(29)25-13-4-9(3-12(21)17(13)30)26-27-18-14(23-2)7-24-28(18)15-5-11(20)16(6-10(15)19)33(22,31)32;1-8(24)19-14-5-10(6-15(16(14)26)20-9(2)25)21-22-17-12-7-11(30(18,27)28)3-4-13(12)23-29-17;1-8-16-14(21-19-8)18-17-11-6-7-12(20)9-4-3-5-10(15-2)13(9)11;9-4-2-7(15)5(10)1-6(4)12-14-8-13-11-3-16-8/h4-11,24,30,32H,12H2,1-3H3,(H,25,31);3-7,14,18,30H,1H3,(H,25,29)(H2,22,31,32);3-7,26H,1-2H3,(H,19,24)(H,20,25)(H2,18,27,28);3-7,15,20H,1-2H3;1-3,15H. The molecule has 5 heterocycles. The molecule has 2 unspecified atom stereocenters. The number of azo groups is 5. The fourth-order valence-corrected chi connectivity index (χ4v) is 16.5. The van der Waals surface area contributed by atoms with Crippen LogP contribution in [0.4, 0.5) is 95.2 Å². The molecule has 14 aromatic rings. The number of carbonyl (C=O) groups excluding carboxylic acids is 4. The molecule has 2 atom stereocenters. The molecule has 1 aliphatic rings. The van der Waals surface area contributed by atoms with Gasteiger partial charge in [-0.05, 0) is 127 Å². The number of sulfonamides is 3. The van der Waals surface area contributed by atoms with E-state index in [1.165, 1.54) is 129 Å². The van der Waals surface area contributed by atoms with Crippen LogP contribution in [-0.4, -0.2) is 140 Å². The lowest BCUT2D eigenvalue weighted by Gasteiger charge is -2.21. The van der Waals surface area contributed by atoms with Gasteiger partial charge in [0.1, 0.15) is 45.4 Å². The summed E-state index contributed by atoms with van der Waals surface area (Å²) in [5.74, 6) is -1.34. The summed E-state index contributed by atoms with van der Waals surface area (Å²) in [4.78, 5) is 52.9. The number of aromatic hydroxyl groups is 5. The van der Waals surface area contributed by atoms with Crippen LogP contribution in [0.15, 0.2) is 222 Å². The van der Waals surface area contributed by atoms with Gasteiger partial charge in [-0.2, -0.15) is 24.1 Å². The van der Waals surface area contributed by atoms with E-state index >= 15 is 0 Å². The fourth-order valence-electron chi connectivity index (χ4n) is 11.9. The summed E-state index contributed by atoms with van der Waals surface area (Å²) in [7, 11) is -9.60. The normalized spacial score (nSPS) is 13.1. The first-order valence-electron chi connectivity index (χ1n) is 38.2. The number of carbonyl (C=O) groups is 4. The molecule has 136 heavy (non-hydrogen) atoms. The molecule has 0 radical (unpaired) electrons. The van der Waals surface area contributed by atoms with E-state index in [0.717, 1.165) is 45.9 Å². The molecular formula is C80H70Cl5N29O16S6. The number of rotatable bonds is 23. The van der Waals surface area contributed by atoms with Crippen molar-refractivity contribution in [1.82, 2.24) is 34.1 Å². The Hall–Kier alpha value is -14.7. The van der Waals surface area contributed by atoms with E-state index in [4.69, 9.17) is 79.3 Å². The smallest absolute Gasteiger partial charge is 0.361 e. The Morgan fingerprint density at radius 2 is 1.18 bits per heavy atom. The molecule has 4 amide bonds. The second-order valence-corrected chi connectivity index (χ2v) is 37.0. The number of fused-ring (bicyclic) bond motifs is 3. The van der Waals surface area contributed by atoms with Gasteiger partial charge in [-0.25, -0.2) is 52.1 Å². The van der Waals surface area contributed by atoms with Crippen molar-refractivity contribution in [2.45, 2.75) is 70.1 Å². The van der Waals surface area contributed by atoms with Crippen LogP contribution in [0.25, 0.3) is 37.3 Å². The number of primary sulfonamides is 2. The highest BCUT2D eigenvalue weighted by atomic mass is 35.5. The summed E-state index contributed by atoms with van der Waals surface area (Å²) in [6.07, 6.45) is 1.41. The number of amides is 4. The van der Waals surface area contributed by atoms with Crippen LogP contribution < -0.4 is 51.9 Å². The molecular weight excluding hydrogens is 1990 g/mol. The van der Waals surface area contributed by atoms with E-state index in [1.807, 2.05) is 38.2 Å². The van der Waals surface area contributed by atoms with E-state index in [0.29, 0.717) is 83.6 Å². The van der Waals surface area contributed by atoms with E-state index in [-0.39, 0.29) is 115 Å². The summed E-state index contributed by atoms with van der Waals surface area (Å²) >= 11 is 33.3. The molecule has 4 aromatic heterocycles. The number of nitrogens with zero attached hydrogens (tertiary/aromatic N) is 20. The SMILES string of the molecule is CC(=O)Nc1cc(N=Nc2nnc(C)o2)c2c(NCc3cccc(NS(C)(=O)=O)c3)cccc2c1O.CC(=O)Nc1cc(N=Nc2snc3ccc(S(N)(=O)=O)cc23)cc(NC(C)=O)c1O.CNc1cccc2c(O)ccc(N=Nc3nc(C)ns3)c12.Oc1cc(Cl)c(N=Nc2nncs2)cc1Cl.[C-]#[N+]C1C=NN(c2cc(Cl)c(S(N)(=O)=O)cc2Cl)C1N=Nc1cc(Cl)c(O)c(NC(C)=O)c1. The predicted octanol–water partition coefficient (Wildman–Crippen LogP) is 19.9. The molecule has 45 nitrogen and oxygen atoms in total. The van der Waals surface area contributed by atoms with Crippen molar-refractivity contribution in [3.05, 3.63) is 205 Å². The Labute approximate surface area is 807 Å². The minimum Gasteiger partial charge on any atom is -0.507 e. The van der Waals surface area contributed by atoms with Gasteiger partial charge in [-0.15, -0.1) is 51.1 Å². The number of nitrogens with two attached hydrogens (primary N) is 2. The summed E-state index contributed by atoms with van der Waals surface area (Å²) in [5.41, 5.74) is 6.99. The van der Waals surface area contributed by atoms with Crippen LogP contribution in [-0.2, 0) is 55.8 Å². The van der Waals surface area contributed by atoms with Crippen LogP contribution in [0.5, 0.6) is 28.7 Å². The third kappa shape index (κ3) is 27.3. The second kappa shape index (κ2) is 44.9. The number of aromatic nitrogens is 7. The van der Waals surface area contributed by atoms with E-state index in [9.17, 15) is 70.0 Å². The van der Waals surface area contributed by atoms with Crippen molar-refractivity contribution in [3.8, 4) is 28.7 Å². The van der Waals surface area contributed by atoms with E-state index in [1.54, 1.807) is 61.0 Å². The number of hydrogen-bond acceptors (Lipinski definition) is 40. The molecule has 10 aromatic carbocycles. The fraction of sp³-hybridized carbons (Fsp3) is 0.138. The highest BCUT2D eigenvalue weighted by Crippen LogP contribution is 2.47. The maximum absolute atomic E-state index is 11.7. The molecule has 1 aliphatic heterocycles. The molecule has 16 N–H and O–H groups in total. The average Bonchev–Trinajstić information content (AvgIpc) is 1.05. The minimum atomic E-state index is -4.12. The van der Waals surface area contributed by atoms with Crippen molar-refractivity contribution >= 4 is 280 Å². The number of hydrazone groups is 1. The van der Waals surface area contributed by atoms with Gasteiger partial charge in [0.2, 0.25) is 70.9 Å². The third-order valence-corrected chi connectivity index (χ3v) is 23.6. The van der Waals surface area contributed by atoms with Crippen molar-refractivity contribution in [1.29, 1.82) is 0 Å².